The van der Waals surface area contributed by atoms with Crippen LogP contribution in [0.5, 0.6) is 0 Å². The normalized spacial score (nSPS) is 14.4. The molecule has 0 bridgehead atoms. The molecule has 1 heterocycles. The van der Waals surface area contributed by atoms with Gasteiger partial charge in [-0.15, -0.1) is 0 Å². The van der Waals surface area contributed by atoms with Crippen molar-refractivity contribution in [2.75, 3.05) is 11.5 Å². The fraction of sp³-hybridized carbons (Fsp3) is 0.176. The van der Waals surface area contributed by atoms with Crippen LogP contribution in [0.15, 0.2) is 52.3 Å². The van der Waals surface area contributed by atoms with Crippen molar-refractivity contribution in [3.63, 3.8) is 0 Å². The Balaban J connectivity index is 2.17. The summed E-state index contributed by atoms with van der Waals surface area (Å²) in [5.74, 6) is -0.469. The third kappa shape index (κ3) is 2.85. The van der Waals surface area contributed by atoms with Gasteiger partial charge < -0.3 is 9.84 Å². The minimum absolute atomic E-state index is 0.00741. The number of esters is 1. The fourth-order valence-electron chi connectivity index (χ4n) is 2.78. The smallest absolute Gasteiger partial charge is 0.416 e. The molecule has 0 radical (unpaired) electrons. The molecule has 7 nitrogen and oxygen atoms in total. The highest BCUT2D eigenvalue weighted by molar-refractivity contribution is 7.92. The summed E-state index contributed by atoms with van der Waals surface area (Å²) in [6.07, 6.45) is -1.38. The molecule has 1 amide bonds. The number of carbonyl (C=O) groups excluding carboxylic acids is 1. The summed E-state index contributed by atoms with van der Waals surface area (Å²) < 4.78 is 30.5. The van der Waals surface area contributed by atoms with Crippen molar-refractivity contribution in [3.8, 4) is 0 Å². The number of nitrogens with zero attached hydrogens (tertiary/aromatic N) is 1. The van der Waals surface area contributed by atoms with E-state index in [2.05, 4.69) is 0 Å². The molecule has 0 aromatic heterocycles. The minimum Gasteiger partial charge on any atom is -0.466 e. The summed E-state index contributed by atoms with van der Waals surface area (Å²) in [5.41, 5.74) is 0.543. The Morgan fingerprint density at radius 1 is 1.08 bits per heavy atom. The number of hydrogen-bond acceptors (Lipinski definition) is 5. The highest BCUT2D eigenvalue weighted by Gasteiger charge is 2.37. The minimum atomic E-state index is -3.84. The van der Waals surface area contributed by atoms with Crippen molar-refractivity contribution >= 4 is 33.3 Å². The summed E-state index contributed by atoms with van der Waals surface area (Å²) in [6.45, 7) is 1.91. The summed E-state index contributed by atoms with van der Waals surface area (Å²) in [5, 5.41) is 9.60. The SMILES string of the molecule is CCOC(=O)Cc1ccc2c(c1)N(C(=O)O)c1ccccc1S2(=O)=O. The molecule has 3 rings (SSSR count). The standard InChI is InChI=1S/C17H15NO6S/c1-2-24-16(19)10-11-7-8-15-13(9-11)18(17(20)21)12-5-3-4-6-14(12)25(15,22)23/h3-9H,2,10H2,1H3,(H,20,21). The number of benzene rings is 2. The van der Waals surface area contributed by atoms with Crippen LogP contribution < -0.4 is 4.90 Å². The van der Waals surface area contributed by atoms with Gasteiger partial charge in [0.25, 0.3) is 0 Å². The van der Waals surface area contributed by atoms with Crippen LogP contribution in [-0.2, 0) is 25.8 Å². The Morgan fingerprint density at radius 2 is 1.76 bits per heavy atom. The first-order chi connectivity index (χ1) is 11.9. The van der Waals surface area contributed by atoms with Gasteiger partial charge >= 0.3 is 12.1 Å². The first-order valence-corrected chi connectivity index (χ1v) is 9.00. The first-order valence-electron chi connectivity index (χ1n) is 7.52. The molecule has 25 heavy (non-hydrogen) atoms. The number of hydrogen-bond donors (Lipinski definition) is 1. The third-order valence-corrected chi connectivity index (χ3v) is 5.64. The Kier molecular flexibility index (Phi) is 4.22. The Bertz CT molecular complexity index is 967. The second-order valence-electron chi connectivity index (χ2n) is 5.37. The largest absolute Gasteiger partial charge is 0.466 e. The van der Waals surface area contributed by atoms with Crippen LogP contribution in [0, 0.1) is 0 Å². The number of carbonyl (C=O) groups is 2. The second-order valence-corrected chi connectivity index (χ2v) is 7.26. The summed E-state index contributed by atoms with van der Waals surface area (Å²) in [6, 6.07) is 10.1. The maximum Gasteiger partial charge on any atom is 0.416 e. The van der Waals surface area contributed by atoms with Gasteiger partial charge in [-0.05, 0) is 36.8 Å². The van der Waals surface area contributed by atoms with Crippen molar-refractivity contribution in [1.29, 1.82) is 0 Å². The molecule has 1 N–H and O–H groups in total. The molecule has 0 unspecified atom stereocenters. The molecule has 8 heteroatoms. The molecular formula is C17H15NO6S. The molecule has 1 aliphatic rings. The van der Waals surface area contributed by atoms with E-state index in [1.165, 1.54) is 36.4 Å². The van der Waals surface area contributed by atoms with Gasteiger partial charge in [-0.1, -0.05) is 18.2 Å². The van der Waals surface area contributed by atoms with Crippen LogP contribution in [0.3, 0.4) is 0 Å². The van der Waals surface area contributed by atoms with Gasteiger partial charge in [-0.25, -0.2) is 18.1 Å². The van der Waals surface area contributed by atoms with E-state index in [0.29, 0.717) is 5.56 Å². The van der Waals surface area contributed by atoms with Crippen LogP contribution >= 0.6 is 0 Å². The van der Waals surface area contributed by atoms with Gasteiger partial charge in [0, 0.05) is 0 Å². The first kappa shape index (κ1) is 17.0. The molecule has 0 atom stereocenters. The summed E-state index contributed by atoms with van der Waals surface area (Å²) >= 11 is 0. The fourth-order valence-corrected chi connectivity index (χ4v) is 4.38. The maximum absolute atomic E-state index is 12.8. The van der Waals surface area contributed by atoms with E-state index in [-0.39, 0.29) is 34.2 Å². The van der Waals surface area contributed by atoms with Crippen molar-refractivity contribution in [2.24, 2.45) is 0 Å². The average Bonchev–Trinajstić information content (AvgIpc) is 2.54. The summed E-state index contributed by atoms with van der Waals surface area (Å²) in [4.78, 5) is 24.2. The predicted molar refractivity (Wildman–Crippen MR) is 88.8 cm³/mol. The number of amides is 1. The number of ether oxygens (including phenoxy) is 1. The predicted octanol–water partition coefficient (Wildman–Crippen LogP) is 2.75. The molecular weight excluding hydrogens is 346 g/mol. The van der Waals surface area contributed by atoms with E-state index in [1.807, 2.05) is 0 Å². The van der Waals surface area contributed by atoms with Crippen molar-refractivity contribution in [3.05, 3.63) is 48.0 Å². The van der Waals surface area contributed by atoms with E-state index in [4.69, 9.17) is 4.74 Å². The highest BCUT2D eigenvalue weighted by Crippen LogP contribution is 2.44. The number of fused-ring (bicyclic) bond motifs is 2. The van der Waals surface area contributed by atoms with Crippen LogP contribution in [0.1, 0.15) is 12.5 Å². The Hall–Kier alpha value is -2.87. The summed E-state index contributed by atoms with van der Waals surface area (Å²) in [7, 11) is -3.84. The number of carboxylic acid groups (broad SMARTS) is 1. The molecule has 130 valence electrons. The topological polar surface area (TPSA) is 101 Å². The molecule has 2 aromatic carbocycles. The number of anilines is 2. The molecule has 0 fully saturated rings. The quantitative estimate of drug-likeness (QED) is 0.844. The van der Waals surface area contributed by atoms with Crippen LogP contribution in [-0.4, -0.2) is 32.2 Å². The van der Waals surface area contributed by atoms with Crippen molar-refractivity contribution < 1.29 is 27.9 Å². The molecule has 1 aliphatic heterocycles. The van der Waals surface area contributed by atoms with Gasteiger partial charge in [0.2, 0.25) is 9.84 Å². The number of para-hydroxylation sites is 1. The lowest BCUT2D eigenvalue weighted by Gasteiger charge is -2.29. The van der Waals surface area contributed by atoms with Crippen LogP contribution in [0.25, 0.3) is 0 Å². The zero-order chi connectivity index (χ0) is 18.2. The van der Waals surface area contributed by atoms with E-state index in [9.17, 15) is 23.1 Å². The lowest BCUT2D eigenvalue weighted by Crippen LogP contribution is -2.30. The monoisotopic (exact) mass is 361 g/mol. The molecule has 0 saturated heterocycles. The van der Waals surface area contributed by atoms with Crippen molar-refractivity contribution in [1.82, 2.24) is 0 Å². The van der Waals surface area contributed by atoms with E-state index >= 15 is 0 Å². The van der Waals surface area contributed by atoms with Crippen LogP contribution in [0.2, 0.25) is 0 Å². The molecule has 0 aliphatic carbocycles. The second kappa shape index (κ2) is 6.21. The lowest BCUT2D eigenvalue weighted by atomic mass is 10.1. The van der Waals surface area contributed by atoms with Gasteiger partial charge in [-0.3, -0.25) is 4.79 Å². The number of rotatable bonds is 3. The van der Waals surface area contributed by atoms with E-state index < -0.39 is 21.9 Å². The van der Waals surface area contributed by atoms with E-state index in [0.717, 1.165) is 4.90 Å². The Morgan fingerprint density at radius 3 is 2.44 bits per heavy atom. The third-order valence-electron chi connectivity index (χ3n) is 3.79. The maximum atomic E-state index is 12.8. The zero-order valence-corrected chi connectivity index (χ0v) is 14.1. The van der Waals surface area contributed by atoms with E-state index in [1.54, 1.807) is 13.0 Å². The lowest BCUT2D eigenvalue weighted by molar-refractivity contribution is -0.142. The molecule has 2 aromatic rings. The van der Waals surface area contributed by atoms with Gasteiger partial charge in [-0.2, -0.15) is 0 Å². The van der Waals surface area contributed by atoms with Gasteiger partial charge in [0.05, 0.1) is 34.2 Å². The van der Waals surface area contributed by atoms with Gasteiger partial charge in [0.1, 0.15) is 0 Å². The zero-order valence-electron chi connectivity index (χ0n) is 13.3. The molecule has 0 spiro atoms. The van der Waals surface area contributed by atoms with Crippen LogP contribution in [0.4, 0.5) is 16.2 Å². The molecule has 0 saturated carbocycles. The number of sulfone groups is 1. The van der Waals surface area contributed by atoms with Gasteiger partial charge in [0.15, 0.2) is 0 Å². The Labute approximate surface area is 144 Å². The van der Waals surface area contributed by atoms with Crippen molar-refractivity contribution in [2.45, 2.75) is 23.1 Å². The highest BCUT2D eigenvalue weighted by atomic mass is 32.2. The average molecular weight is 361 g/mol.